The Morgan fingerprint density at radius 3 is 3.00 bits per heavy atom. The summed E-state index contributed by atoms with van der Waals surface area (Å²) in [4.78, 5) is 17.6. The van der Waals surface area contributed by atoms with Gasteiger partial charge in [0.1, 0.15) is 0 Å². The van der Waals surface area contributed by atoms with Crippen LogP contribution >= 0.6 is 0 Å². The molecule has 5 heteroatoms. The maximum absolute atomic E-state index is 13.1. The Morgan fingerprint density at radius 1 is 1.32 bits per heavy atom. The van der Waals surface area contributed by atoms with Crippen LogP contribution in [0, 0.1) is 11.3 Å². The first-order valence-corrected chi connectivity index (χ1v) is 9.43. The second-order valence-corrected chi connectivity index (χ2v) is 8.02. The van der Waals surface area contributed by atoms with Gasteiger partial charge in [-0.3, -0.25) is 9.69 Å². The lowest BCUT2D eigenvalue weighted by molar-refractivity contribution is -0.141. The number of rotatable bonds is 3. The average Bonchev–Trinajstić information content (AvgIpc) is 3.21. The lowest BCUT2D eigenvalue weighted by atomic mass is 9.78. The third-order valence-electron chi connectivity index (χ3n) is 6.00. The molecule has 0 radical (unpaired) electrons. The van der Waals surface area contributed by atoms with Crippen molar-refractivity contribution in [3.63, 3.8) is 0 Å². The van der Waals surface area contributed by atoms with Crippen LogP contribution in [0.15, 0.2) is 35.2 Å². The number of likely N-dealkylation sites (tertiary alicyclic amines) is 1. The molecule has 0 aromatic carbocycles. The zero-order valence-corrected chi connectivity index (χ0v) is 15.0. The predicted molar refractivity (Wildman–Crippen MR) is 94.9 cm³/mol. The topological polar surface area (TPSA) is 45.9 Å². The number of hydrogen-bond acceptors (Lipinski definition) is 4. The van der Waals surface area contributed by atoms with E-state index in [0.717, 1.165) is 58.6 Å². The van der Waals surface area contributed by atoms with Crippen molar-refractivity contribution in [3.05, 3.63) is 36.3 Å². The van der Waals surface area contributed by atoms with E-state index < -0.39 is 0 Å². The highest BCUT2D eigenvalue weighted by Crippen LogP contribution is 2.36. The molecular formula is C20H28N2O3. The molecule has 136 valence electrons. The fraction of sp³-hybridized carbons (Fsp3) is 0.650. The fourth-order valence-corrected chi connectivity index (χ4v) is 4.45. The van der Waals surface area contributed by atoms with E-state index in [-0.39, 0.29) is 11.5 Å². The third kappa shape index (κ3) is 3.53. The Morgan fingerprint density at radius 2 is 2.24 bits per heavy atom. The molecule has 3 atom stereocenters. The first-order valence-electron chi connectivity index (χ1n) is 9.43. The molecule has 4 rings (SSSR count). The number of carbonyl (C=O) groups is 1. The van der Waals surface area contributed by atoms with Gasteiger partial charge >= 0.3 is 0 Å². The molecule has 3 heterocycles. The van der Waals surface area contributed by atoms with Crippen LogP contribution in [0.3, 0.4) is 0 Å². The minimum absolute atomic E-state index is 0.182. The van der Waals surface area contributed by atoms with E-state index in [1.54, 1.807) is 6.26 Å². The fourth-order valence-electron chi connectivity index (χ4n) is 4.45. The van der Waals surface area contributed by atoms with Crippen molar-refractivity contribution in [2.24, 2.45) is 11.3 Å². The molecule has 0 saturated carbocycles. The van der Waals surface area contributed by atoms with Gasteiger partial charge in [-0.1, -0.05) is 19.1 Å². The Balaban J connectivity index is 1.40. The zero-order chi connectivity index (χ0) is 17.3. The minimum Gasteiger partial charge on any atom is -0.472 e. The Kier molecular flexibility index (Phi) is 4.69. The van der Waals surface area contributed by atoms with Crippen LogP contribution in [0.4, 0.5) is 0 Å². The van der Waals surface area contributed by atoms with Gasteiger partial charge in [0, 0.05) is 44.2 Å². The molecule has 25 heavy (non-hydrogen) atoms. The van der Waals surface area contributed by atoms with Crippen LogP contribution in [-0.4, -0.2) is 54.6 Å². The molecule has 2 fully saturated rings. The SMILES string of the molecule is CC1(C(=O)N2C[C@@H]3CN(Cc4ccoc4)CCO[C@@H]3C2)CC=CCC1. The van der Waals surface area contributed by atoms with Crippen molar-refractivity contribution >= 4 is 5.91 Å². The highest BCUT2D eigenvalue weighted by molar-refractivity contribution is 5.83. The maximum Gasteiger partial charge on any atom is 0.228 e. The molecule has 0 spiro atoms. The lowest BCUT2D eigenvalue weighted by Crippen LogP contribution is -2.42. The summed E-state index contributed by atoms with van der Waals surface area (Å²) in [5.74, 6) is 0.719. The van der Waals surface area contributed by atoms with Gasteiger partial charge in [-0.25, -0.2) is 0 Å². The van der Waals surface area contributed by atoms with Gasteiger partial charge in [0.2, 0.25) is 5.91 Å². The third-order valence-corrected chi connectivity index (χ3v) is 6.00. The molecule has 3 aliphatic rings. The summed E-state index contributed by atoms with van der Waals surface area (Å²) >= 11 is 0. The van der Waals surface area contributed by atoms with E-state index in [4.69, 9.17) is 9.15 Å². The summed E-state index contributed by atoms with van der Waals surface area (Å²) in [6.45, 7) is 7.25. The van der Waals surface area contributed by atoms with Crippen LogP contribution in [0.25, 0.3) is 0 Å². The second-order valence-electron chi connectivity index (χ2n) is 8.02. The van der Waals surface area contributed by atoms with Crippen LogP contribution in [0.1, 0.15) is 31.7 Å². The summed E-state index contributed by atoms with van der Waals surface area (Å²) in [6, 6.07) is 2.02. The molecule has 1 aliphatic carbocycles. The number of ether oxygens (including phenoxy) is 1. The Labute approximate surface area is 149 Å². The van der Waals surface area contributed by atoms with Gasteiger partial charge in [0.15, 0.2) is 0 Å². The summed E-state index contributed by atoms with van der Waals surface area (Å²) in [6.07, 6.45) is 10.9. The minimum atomic E-state index is -0.227. The van der Waals surface area contributed by atoms with Crippen LogP contribution in [-0.2, 0) is 16.1 Å². The van der Waals surface area contributed by atoms with Gasteiger partial charge in [-0.2, -0.15) is 0 Å². The van der Waals surface area contributed by atoms with Crippen molar-refractivity contribution in [1.82, 2.24) is 9.80 Å². The van der Waals surface area contributed by atoms with Crippen LogP contribution < -0.4 is 0 Å². The monoisotopic (exact) mass is 344 g/mol. The summed E-state index contributed by atoms with van der Waals surface area (Å²) in [5.41, 5.74) is 0.972. The lowest BCUT2D eigenvalue weighted by Gasteiger charge is -2.33. The van der Waals surface area contributed by atoms with Crippen LogP contribution in [0.5, 0.6) is 0 Å². The highest BCUT2D eigenvalue weighted by Gasteiger charge is 2.43. The van der Waals surface area contributed by atoms with Gasteiger partial charge in [-0.15, -0.1) is 0 Å². The highest BCUT2D eigenvalue weighted by atomic mass is 16.5. The molecule has 0 bridgehead atoms. The summed E-state index contributed by atoms with van der Waals surface area (Å²) < 4.78 is 11.3. The first kappa shape index (κ1) is 16.9. The Bertz CT molecular complexity index is 627. The molecular weight excluding hydrogens is 316 g/mol. The smallest absolute Gasteiger partial charge is 0.228 e. The van der Waals surface area contributed by atoms with Gasteiger partial charge in [-0.05, 0) is 25.3 Å². The van der Waals surface area contributed by atoms with Gasteiger partial charge < -0.3 is 14.1 Å². The number of amides is 1. The number of carbonyl (C=O) groups excluding carboxylic acids is 1. The molecule has 1 aromatic heterocycles. The van der Waals surface area contributed by atoms with Crippen molar-refractivity contribution in [2.45, 2.75) is 38.8 Å². The van der Waals surface area contributed by atoms with Crippen molar-refractivity contribution in [2.75, 3.05) is 32.8 Å². The molecule has 0 N–H and O–H groups in total. The van der Waals surface area contributed by atoms with E-state index in [9.17, 15) is 4.79 Å². The molecule has 2 saturated heterocycles. The molecule has 1 amide bonds. The van der Waals surface area contributed by atoms with E-state index in [2.05, 4.69) is 28.9 Å². The number of hydrogen-bond donors (Lipinski definition) is 0. The predicted octanol–water partition coefficient (Wildman–Crippen LogP) is 2.69. The Hall–Kier alpha value is -1.59. The largest absolute Gasteiger partial charge is 0.472 e. The average molecular weight is 344 g/mol. The normalized spacial score (nSPS) is 33.2. The zero-order valence-electron chi connectivity index (χ0n) is 15.0. The number of fused-ring (bicyclic) bond motifs is 1. The van der Waals surface area contributed by atoms with Gasteiger partial charge in [0.25, 0.3) is 0 Å². The van der Waals surface area contributed by atoms with E-state index >= 15 is 0 Å². The van der Waals surface area contributed by atoms with E-state index in [1.165, 1.54) is 5.56 Å². The van der Waals surface area contributed by atoms with E-state index in [1.807, 2.05) is 12.3 Å². The molecule has 1 unspecified atom stereocenters. The molecule has 1 aromatic rings. The van der Waals surface area contributed by atoms with Crippen molar-refractivity contribution in [1.29, 1.82) is 0 Å². The molecule has 2 aliphatic heterocycles. The van der Waals surface area contributed by atoms with Gasteiger partial charge in [0.05, 0.1) is 30.7 Å². The number of furan rings is 1. The standard InChI is InChI=1S/C20H28N2O3/c1-20(6-3-2-4-7-20)19(23)22-13-17-12-21(8-10-25-18(17)14-22)11-16-5-9-24-15-16/h2-3,5,9,15,17-18H,4,6-8,10-14H2,1H3/t17-,18+,20?/m0/s1. The summed E-state index contributed by atoms with van der Waals surface area (Å²) in [5, 5.41) is 0. The van der Waals surface area contributed by atoms with Crippen LogP contribution in [0.2, 0.25) is 0 Å². The van der Waals surface area contributed by atoms with E-state index in [0.29, 0.717) is 11.8 Å². The number of allylic oxidation sites excluding steroid dienone is 2. The summed E-state index contributed by atoms with van der Waals surface area (Å²) in [7, 11) is 0. The molecule has 5 nitrogen and oxygen atoms in total. The van der Waals surface area contributed by atoms with Crippen molar-refractivity contribution in [3.8, 4) is 0 Å². The number of nitrogens with zero attached hydrogens (tertiary/aromatic N) is 2. The van der Waals surface area contributed by atoms with Crippen molar-refractivity contribution < 1.29 is 13.9 Å². The first-order chi connectivity index (χ1) is 12.1. The second kappa shape index (κ2) is 6.96. The quantitative estimate of drug-likeness (QED) is 0.791. The maximum atomic E-state index is 13.1.